The van der Waals surface area contributed by atoms with Gasteiger partial charge in [-0.05, 0) is 41.7 Å². The number of rotatable bonds is 9. The minimum atomic E-state index is -0.769. The minimum Gasteiger partial charge on any atom is -0.489 e. The van der Waals surface area contributed by atoms with E-state index in [-0.39, 0.29) is 24.9 Å². The van der Waals surface area contributed by atoms with Crippen LogP contribution in [-0.2, 0) is 22.6 Å². The van der Waals surface area contributed by atoms with Gasteiger partial charge in [-0.25, -0.2) is 0 Å². The quantitative estimate of drug-likeness (QED) is 0.535. The summed E-state index contributed by atoms with van der Waals surface area (Å²) in [4.78, 5) is 12.9. The third kappa shape index (κ3) is 7.69. The molecule has 5 nitrogen and oxygen atoms in total. The highest BCUT2D eigenvalue weighted by molar-refractivity contribution is 6.31. The smallest absolute Gasteiger partial charge is 0.304 e. The Morgan fingerprint density at radius 3 is 2.68 bits per heavy atom. The van der Waals surface area contributed by atoms with E-state index in [1.54, 1.807) is 0 Å². The number of aliphatic carboxylic acids is 1. The molecule has 0 spiro atoms. The van der Waals surface area contributed by atoms with Crippen molar-refractivity contribution in [2.24, 2.45) is 5.92 Å². The van der Waals surface area contributed by atoms with E-state index in [0.717, 1.165) is 34.9 Å². The van der Waals surface area contributed by atoms with Crippen LogP contribution in [-0.4, -0.2) is 42.2 Å². The molecule has 1 unspecified atom stereocenters. The fourth-order valence-corrected chi connectivity index (χ4v) is 3.94. The van der Waals surface area contributed by atoms with Crippen molar-refractivity contribution in [2.75, 3.05) is 26.2 Å². The van der Waals surface area contributed by atoms with Crippen LogP contribution in [0, 0.1) is 5.92 Å². The van der Waals surface area contributed by atoms with Crippen molar-refractivity contribution < 1.29 is 19.4 Å². The summed E-state index contributed by atoms with van der Waals surface area (Å²) in [6.07, 6.45) is 1.07. The molecule has 2 aromatic carbocycles. The standard InChI is InChI=1S/C24H30ClNO4.ClH/c1-17(2)14-19-4-3-5-22(25)21(19)16-30-20-8-6-18(7-9-20)23-15-26(12-13-29-23)11-10-24(27)28;/h3-9,17,23H,10-16H2,1-2H3,(H,27,28);1H. The Labute approximate surface area is 195 Å². The predicted molar refractivity (Wildman–Crippen MR) is 125 cm³/mol. The SMILES string of the molecule is CC(C)Cc1cccc(Cl)c1COc1ccc(C2CN(CCC(=O)O)CCO2)cc1.Cl. The third-order valence-electron chi connectivity index (χ3n) is 5.27. The van der Waals surface area contributed by atoms with Crippen LogP contribution >= 0.6 is 24.0 Å². The second-order valence-corrected chi connectivity index (χ2v) is 8.54. The predicted octanol–water partition coefficient (Wildman–Crippen LogP) is 5.39. The van der Waals surface area contributed by atoms with E-state index in [2.05, 4.69) is 24.8 Å². The number of ether oxygens (including phenoxy) is 2. The van der Waals surface area contributed by atoms with Gasteiger partial charge < -0.3 is 14.6 Å². The Bertz CT molecular complexity index is 842. The van der Waals surface area contributed by atoms with Crippen molar-refractivity contribution >= 4 is 30.0 Å². The van der Waals surface area contributed by atoms with Crippen molar-refractivity contribution in [2.45, 2.75) is 39.4 Å². The summed E-state index contributed by atoms with van der Waals surface area (Å²) in [6, 6.07) is 13.9. The Hall–Kier alpha value is -1.79. The number of nitrogens with zero attached hydrogens (tertiary/aromatic N) is 1. The first kappa shape index (κ1) is 25.5. The molecular formula is C24H31Cl2NO4. The fraction of sp³-hybridized carbons (Fsp3) is 0.458. The lowest BCUT2D eigenvalue weighted by atomic mass is 9.98. The normalized spacial score (nSPS) is 16.7. The van der Waals surface area contributed by atoms with Crippen molar-refractivity contribution in [1.29, 1.82) is 0 Å². The summed E-state index contributed by atoms with van der Waals surface area (Å²) in [5, 5.41) is 9.63. The van der Waals surface area contributed by atoms with E-state index in [1.807, 2.05) is 36.4 Å². The molecule has 31 heavy (non-hydrogen) atoms. The first-order valence-corrected chi connectivity index (χ1v) is 10.8. The van der Waals surface area contributed by atoms with Gasteiger partial charge in [-0.1, -0.05) is 49.7 Å². The topological polar surface area (TPSA) is 59.0 Å². The molecule has 0 aromatic heterocycles. The molecule has 1 atom stereocenters. The van der Waals surface area contributed by atoms with Gasteiger partial charge in [0, 0.05) is 30.2 Å². The summed E-state index contributed by atoms with van der Waals surface area (Å²) in [5.41, 5.74) is 3.34. The van der Waals surface area contributed by atoms with Crippen LogP contribution < -0.4 is 4.74 Å². The van der Waals surface area contributed by atoms with Crippen molar-refractivity contribution in [3.05, 3.63) is 64.2 Å². The van der Waals surface area contributed by atoms with Crippen molar-refractivity contribution in [1.82, 2.24) is 4.90 Å². The molecule has 7 heteroatoms. The maximum absolute atomic E-state index is 10.8. The van der Waals surface area contributed by atoms with Gasteiger partial charge in [-0.3, -0.25) is 9.69 Å². The molecule has 0 radical (unpaired) electrons. The van der Waals surface area contributed by atoms with Gasteiger partial charge in [0.1, 0.15) is 12.4 Å². The van der Waals surface area contributed by atoms with Gasteiger partial charge in [0.25, 0.3) is 0 Å². The monoisotopic (exact) mass is 467 g/mol. The van der Waals surface area contributed by atoms with E-state index in [1.165, 1.54) is 5.56 Å². The van der Waals surface area contributed by atoms with E-state index in [0.29, 0.717) is 32.2 Å². The Morgan fingerprint density at radius 2 is 2.00 bits per heavy atom. The molecule has 3 rings (SSSR count). The maximum Gasteiger partial charge on any atom is 0.304 e. The molecule has 0 saturated carbocycles. The van der Waals surface area contributed by atoms with E-state index in [9.17, 15) is 4.79 Å². The highest BCUT2D eigenvalue weighted by Gasteiger charge is 2.22. The molecule has 1 heterocycles. The largest absolute Gasteiger partial charge is 0.489 e. The average molecular weight is 468 g/mol. The lowest BCUT2D eigenvalue weighted by Gasteiger charge is -2.32. The number of benzene rings is 2. The van der Waals surface area contributed by atoms with Gasteiger partial charge in [-0.15, -0.1) is 12.4 Å². The van der Waals surface area contributed by atoms with E-state index < -0.39 is 5.97 Å². The van der Waals surface area contributed by atoms with Crippen molar-refractivity contribution in [3.63, 3.8) is 0 Å². The first-order chi connectivity index (χ1) is 14.4. The molecule has 170 valence electrons. The van der Waals surface area contributed by atoms with E-state index in [4.69, 9.17) is 26.2 Å². The summed E-state index contributed by atoms with van der Waals surface area (Å²) in [7, 11) is 0. The highest BCUT2D eigenvalue weighted by Crippen LogP contribution is 2.27. The first-order valence-electron chi connectivity index (χ1n) is 10.5. The maximum atomic E-state index is 10.8. The van der Waals surface area contributed by atoms with Crippen LogP contribution in [0.3, 0.4) is 0 Å². The number of carbonyl (C=O) groups is 1. The highest BCUT2D eigenvalue weighted by atomic mass is 35.5. The lowest BCUT2D eigenvalue weighted by Crippen LogP contribution is -2.39. The number of hydrogen-bond donors (Lipinski definition) is 1. The molecule has 1 aliphatic heterocycles. The van der Waals surface area contributed by atoms with Crippen LogP contribution in [0.25, 0.3) is 0 Å². The summed E-state index contributed by atoms with van der Waals surface area (Å²) in [6.45, 7) is 7.44. The van der Waals surface area contributed by atoms with Crippen LogP contribution in [0.2, 0.25) is 5.02 Å². The Morgan fingerprint density at radius 1 is 1.26 bits per heavy atom. The van der Waals surface area contributed by atoms with Gasteiger partial charge >= 0.3 is 5.97 Å². The molecule has 1 N–H and O–H groups in total. The van der Waals surface area contributed by atoms with Crippen LogP contribution in [0.5, 0.6) is 5.75 Å². The number of halogens is 2. The minimum absolute atomic E-state index is 0. The fourth-order valence-electron chi connectivity index (χ4n) is 3.69. The second-order valence-electron chi connectivity index (χ2n) is 8.14. The molecule has 0 bridgehead atoms. The zero-order valence-corrected chi connectivity index (χ0v) is 19.6. The van der Waals surface area contributed by atoms with Crippen LogP contribution in [0.15, 0.2) is 42.5 Å². The molecule has 2 aromatic rings. The lowest BCUT2D eigenvalue weighted by molar-refractivity contribution is -0.137. The molecule has 1 fully saturated rings. The Balaban J connectivity index is 0.00000341. The van der Waals surface area contributed by atoms with Crippen LogP contribution in [0.4, 0.5) is 0 Å². The Kier molecular flexibility index (Phi) is 10.1. The molecule has 1 aliphatic rings. The van der Waals surface area contributed by atoms with Crippen LogP contribution in [0.1, 0.15) is 43.1 Å². The van der Waals surface area contributed by atoms with Gasteiger partial charge in [0.05, 0.1) is 19.1 Å². The molecule has 0 amide bonds. The summed E-state index contributed by atoms with van der Waals surface area (Å²) >= 11 is 6.43. The van der Waals surface area contributed by atoms with Gasteiger partial charge in [-0.2, -0.15) is 0 Å². The summed E-state index contributed by atoms with van der Waals surface area (Å²) < 4.78 is 11.9. The zero-order valence-electron chi connectivity index (χ0n) is 18.1. The van der Waals surface area contributed by atoms with E-state index >= 15 is 0 Å². The second kappa shape index (κ2) is 12.3. The molecule has 1 saturated heterocycles. The average Bonchev–Trinajstić information content (AvgIpc) is 2.72. The number of morpholine rings is 1. The van der Waals surface area contributed by atoms with Gasteiger partial charge in [0.2, 0.25) is 0 Å². The summed E-state index contributed by atoms with van der Waals surface area (Å²) in [5.74, 6) is 0.564. The van der Waals surface area contributed by atoms with Gasteiger partial charge in [0.15, 0.2) is 0 Å². The van der Waals surface area contributed by atoms with Crippen molar-refractivity contribution in [3.8, 4) is 5.75 Å². The zero-order chi connectivity index (χ0) is 21.5. The molecule has 0 aliphatic carbocycles. The third-order valence-corrected chi connectivity index (χ3v) is 5.63. The number of carboxylic acid groups (broad SMARTS) is 1. The molecular weight excluding hydrogens is 437 g/mol. The number of carboxylic acids is 1. The number of hydrogen-bond acceptors (Lipinski definition) is 4.